The number of aromatic nitrogens is 4. The highest BCUT2D eigenvalue weighted by atomic mass is 15.1. The molecule has 0 aliphatic heterocycles. The first-order valence-corrected chi connectivity index (χ1v) is 16.1. The number of nitriles is 1. The van der Waals surface area contributed by atoms with Crippen molar-refractivity contribution in [3.05, 3.63) is 168 Å². The quantitative estimate of drug-likeness (QED) is 0.179. The van der Waals surface area contributed by atoms with Crippen molar-refractivity contribution < 1.29 is 0 Å². The summed E-state index contributed by atoms with van der Waals surface area (Å²) in [6, 6.07) is 51.1. The van der Waals surface area contributed by atoms with E-state index in [1.165, 1.54) is 0 Å². The number of hydrogen-bond donors (Lipinski definition) is 0. The topological polar surface area (TPSA) is 63.8 Å². The van der Waals surface area contributed by atoms with Gasteiger partial charge in [-0.15, -0.1) is 0 Å². The van der Waals surface area contributed by atoms with E-state index in [2.05, 4.69) is 68.6 Å². The van der Waals surface area contributed by atoms with Gasteiger partial charge in [0.15, 0.2) is 11.5 Å². The molecule has 228 valence electrons. The molecule has 49 heavy (non-hydrogen) atoms. The fraction of sp³-hybridized carbons (Fsp3) is 0.0233. The maximum absolute atomic E-state index is 9.72. The standard InChI is InChI=1S/C43H26N6/c1-45-31-21-23-40-35(25-31)33-17-9-11-19-39(33)49(40)43-36(27-48-37-18-10-8-16-32(37)34-24-28(26-44)20-22-38(34)48)46-41(29-12-4-2-5-13-29)42(47-43)30-14-6-3-7-15-30/h2-25H,27H2. The predicted octanol–water partition coefficient (Wildman–Crippen LogP) is 10.5. The summed E-state index contributed by atoms with van der Waals surface area (Å²) in [7, 11) is 0. The highest BCUT2D eigenvalue weighted by Gasteiger charge is 2.23. The molecular weight excluding hydrogens is 601 g/mol. The van der Waals surface area contributed by atoms with Gasteiger partial charge in [-0.05, 0) is 47.9 Å². The summed E-state index contributed by atoms with van der Waals surface area (Å²) in [5.41, 5.74) is 9.56. The Bertz CT molecular complexity index is 2810. The number of para-hydroxylation sites is 2. The van der Waals surface area contributed by atoms with Crippen LogP contribution in [0.1, 0.15) is 11.3 Å². The van der Waals surface area contributed by atoms with Gasteiger partial charge in [-0.2, -0.15) is 5.26 Å². The number of fused-ring (bicyclic) bond motifs is 6. The van der Waals surface area contributed by atoms with Crippen molar-refractivity contribution in [1.82, 2.24) is 19.1 Å². The van der Waals surface area contributed by atoms with Crippen LogP contribution < -0.4 is 0 Å². The van der Waals surface area contributed by atoms with E-state index in [9.17, 15) is 5.26 Å². The Labute approximate surface area is 282 Å². The molecule has 6 aromatic carbocycles. The van der Waals surface area contributed by atoms with Gasteiger partial charge in [0.1, 0.15) is 5.69 Å². The molecular formula is C43H26N6. The third kappa shape index (κ3) is 4.55. The first-order chi connectivity index (χ1) is 24.2. The van der Waals surface area contributed by atoms with Gasteiger partial charge in [-0.25, -0.2) is 14.8 Å². The van der Waals surface area contributed by atoms with Gasteiger partial charge in [0.25, 0.3) is 0 Å². The molecule has 6 heteroatoms. The SMILES string of the molecule is [C-]#[N+]c1ccc2c(c1)c1ccccc1n2-c1nc(-c2ccccc2)c(-c2ccccc2)nc1Cn1c2ccccc2c2cc(C#N)ccc21. The van der Waals surface area contributed by atoms with E-state index < -0.39 is 0 Å². The summed E-state index contributed by atoms with van der Waals surface area (Å²) in [5.74, 6) is 0.722. The molecule has 0 aliphatic rings. The summed E-state index contributed by atoms with van der Waals surface area (Å²) >= 11 is 0. The molecule has 9 aromatic rings. The largest absolute Gasteiger partial charge is 0.334 e. The minimum atomic E-state index is 0.432. The fourth-order valence-electron chi connectivity index (χ4n) is 7.04. The van der Waals surface area contributed by atoms with Gasteiger partial charge in [0, 0.05) is 38.3 Å². The molecule has 6 nitrogen and oxygen atoms in total. The van der Waals surface area contributed by atoms with Crippen LogP contribution in [0.2, 0.25) is 0 Å². The molecule has 0 bridgehead atoms. The minimum absolute atomic E-state index is 0.432. The molecule has 0 saturated heterocycles. The van der Waals surface area contributed by atoms with Crippen molar-refractivity contribution in [3.8, 4) is 34.4 Å². The number of nitrogens with zero attached hydrogens (tertiary/aromatic N) is 6. The van der Waals surface area contributed by atoms with Crippen LogP contribution in [0.4, 0.5) is 5.69 Å². The highest BCUT2D eigenvalue weighted by Crippen LogP contribution is 2.38. The predicted molar refractivity (Wildman–Crippen MR) is 197 cm³/mol. The lowest BCUT2D eigenvalue weighted by Crippen LogP contribution is -2.12. The van der Waals surface area contributed by atoms with Crippen LogP contribution in [0.5, 0.6) is 0 Å². The Morgan fingerprint density at radius 1 is 0.571 bits per heavy atom. The van der Waals surface area contributed by atoms with Gasteiger partial charge in [0.05, 0.1) is 47.2 Å². The van der Waals surface area contributed by atoms with Crippen LogP contribution in [-0.4, -0.2) is 19.1 Å². The maximum atomic E-state index is 9.72. The van der Waals surface area contributed by atoms with Gasteiger partial charge in [-0.3, -0.25) is 4.57 Å². The van der Waals surface area contributed by atoms with E-state index in [-0.39, 0.29) is 0 Å². The number of hydrogen-bond acceptors (Lipinski definition) is 3. The number of rotatable bonds is 5. The summed E-state index contributed by atoms with van der Waals surface area (Å²) < 4.78 is 4.48. The number of benzene rings is 6. The van der Waals surface area contributed by atoms with Crippen molar-refractivity contribution in [1.29, 1.82) is 5.26 Å². The molecule has 0 fully saturated rings. The molecule has 0 atom stereocenters. The third-order valence-electron chi connectivity index (χ3n) is 9.25. The van der Waals surface area contributed by atoms with Crippen molar-refractivity contribution >= 4 is 49.3 Å². The third-order valence-corrected chi connectivity index (χ3v) is 9.25. The van der Waals surface area contributed by atoms with Crippen LogP contribution in [0, 0.1) is 17.9 Å². The second-order valence-electron chi connectivity index (χ2n) is 12.0. The van der Waals surface area contributed by atoms with Crippen LogP contribution in [-0.2, 0) is 6.54 Å². The van der Waals surface area contributed by atoms with Crippen LogP contribution in [0.15, 0.2) is 146 Å². The lowest BCUT2D eigenvalue weighted by molar-refractivity contribution is 0.812. The summed E-state index contributed by atoms with van der Waals surface area (Å²) in [5, 5.41) is 13.9. The van der Waals surface area contributed by atoms with Crippen molar-refractivity contribution in [2.75, 3.05) is 0 Å². The van der Waals surface area contributed by atoms with Crippen LogP contribution in [0.25, 0.3) is 76.8 Å². The Morgan fingerprint density at radius 3 is 1.82 bits per heavy atom. The average molecular weight is 627 g/mol. The first-order valence-electron chi connectivity index (χ1n) is 16.1. The van der Waals surface area contributed by atoms with E-state index in [0.717, 1.165) is 77.6 Å². The molecule has 0 aliphatic carbocycles. The zero-order valence-electron chi connectivity index (χ0n) is 26.2. The zero-order valence-corrected chi connectivity index (χ0v) is 26.2. The average Bonchev–Trinajstić information content (AvgIpc) is 3.67. The molecule has 0 saturated carbocycles. The van der Waals surface area contributed by atoms with Crippen molar-refractivity contribution in [2.45, 2.75) is 6.54 Å². The van der Waals surface area contributed by atoms with Gasteiger partial charge >= 0.3 is 0 Å². The Hall–Kier alpha value is -7.02. The van der Waals surface area contributed by atoms with Gasteiger partial charge < -0.3 is 4.57 Å². The van der Waals surface area contributed by atoms with Crippen molar-refractivity contribution in [3.63, 3.8) is 0 Å². The summed E-state index contributed by atoms with van der Waals surface area (Å²) in [4.78, 5) is 14.8. The molecule has 0 N–H and O–H groups in total. The summed E-state index contributed by atoms with van der Waals surface area (Å²) in [6.45, 7) is 8.14. The van der Waals surface area contributed by atoms with Crippen LogP contribution >= 0.6 is 0 Å². The Kier molecular flexibility index (Phi) is 6.54. The lowest BCUT2D eigenvalue weighted by atomic mass is 10.0. The van der Waals surface area contributed by atoms with Crippen LogP contribution in [0.3, 0.4) is 0 Å². The first kappa shape index (κ1) is 28.2. The molecule has 3 heterocycles. The zero-order chi connectivity index (χ0) is 32.9. The van der Waals surface area contributed by atoms with Gasteiger partial charge in [0.2, 0.25) is 0 Å². The molecule has 0 spiro atoms. The molecule has 0 unspecified atom stereocenters. The minimum Gasteiger partial charge on any atom is -0.334 e. The van der Waals surface area contributed by atoms with Crippen molar-refractivity contribution in [2.24, 2.45) is 0 Å². The van der Waals surface area contributed by atoms with E-state index in [4.69, 9.17) is 16.5 Å². The van der Waals surface area contributed by atoms with E-state index in [1.807, 2.05) is 97.1 Å². The second kappa shape index (κ2) is 11.3. The Balaban J connectivity index is 1.40. The molecule has 0 radical (unpaired) electrons. The fourth-order valence-corrected chi connectivity index (χ4v) is 7.04. The molecule has 9 rings (SSSR count). The monoisotopic (exact) mass is 626 g/mol. The van der Waals surface area contributed by atoms with E-state index in [0.29, 0.717) is 17.8 Å². The molecule has 0 amide bonds. The smallest absolute Gasteiger partial charge is 0.188 e. The Morgan fingerprint density at radius 2 is 1.12 bits per heavy atom. The normalized spacial score (nSPS) is 11.3. The van der Waals surface area contributed by atoms with E-state index >= 15 is 0 Å². The lowest BCUT2D eigenvalue weighted by Gasteiger charge is -2.18. The second-order valence-corrected chi connectivity index (χ2v) is 12.0. The maximum Gasteiger partial charge on any atom is 0.188 e. The molecule has 3 aromatic heterocycles. The van der Waals surface area contributed by atoms with Gasteiger partial charge in [-0.1, -0.05) is 103 Å². The highest BCUT2D eigenvalue weighted by molar-refractivity contribution is 6.11. The van der Waals surface area contributed by atoms with E-state index in [1.54, 1.807) is 0 Å². The summed E-state index contributed by atoms with van der Waals surface area (Å²) in [6.07, 6.45) is 0.